The Bertz CT molecular complexity index is 5350. The second-order valence-corrected chi connectivity index (χ2v) is 40.4. The van der Waals surface area contributed by atoms with Crippen LogP contribution in [0.4, 0.5) is 10.5 Å². The lowest BCUT2D eigenvalue weighted by Crippen LogP contribution is -2.69. The van der Waals surface area contributed by atoms with Crippen LogP contribution in [0.1, 0.15) is 170 Å². The number of ether oxygens (including phenoxy) is 4. The Morgan fingerprint density at radius 1 is 0.592 bits per heavy atom. The van der Waals surface area contributed by atoms with E-state index in [1.54, 1.807) is 46.3 Å². The van der Waals surface area contributed by atoms with Crippen LogP contribution in [0.2, 0.25) is 0 Å². The second-order valence-electron chi connectivity index (χ2n) is 39.1. The third-order valence-electron chi connectivity index (χ3n) is 35.0. The highest BCUT2D eigenvalue weighted by molar-refractivity contribution is 6.53. The molecule has 2 saturated heterocycles. The lowest BCUT2D eigenvalue weighted by Gasteiger charge is -2.60. The molecule has 4 amide bonds. The molecule has 26 atom stereocenters. The Balaban J connectivity index is 0.000000139. The van der Waals surface area contributed by atoms with Crippen molar-refractivity contribution in [2.75, 3.05) is 37.5 Å². The van der Waals surface area contributed by atoms with E-state index in [1.807, 2.05) is 109 Å². The number of nitrogens with zero attached hydrogens (tertiary/aromatic N) is 7. The summed E-state index contributed by atoms with van der Waals surface area (Å²) in [5.41, 5.74) is -7.88. The number of amides is 4. The third kappa shape index (κ3) is 12.6. The molecule has 6 heterocycles. The number of furan rings is 1. The van der Waals surface area contributed by atoms with Gasteiger partial charge in [0.05, 0.1) is 62.2 Å². The van der Waals surface area contributed by atoms with Crippen LogP contribution >= 0.6 is 34.8 Å². The number of alkyl halides is 3. The van der Waals surface area contributed by atoms with Crippen LogP contribution in [0.3, 0.4) is 0 Å². The van der Waals surface area contributed by atoms with Crippen molar-refractivity contribution in [3.63, 3.8) is 0 Å². The van der Waals surface area contributed by atoms with Crippen molar-refractivity contribution < 1.29 is 86.9 Å². The summed E-state index contributed by atoms with van der Waals surface area (Å²) in [6.07, 6.45) is 15.3. The van der Waals surface area contributed by atoms with Gasteiger partial charge >= 0.3 is 35.3 Å². The molecule has 14 aliphatic rings. The van der Waals surface area contributed by atoms with Gasteiger partial charge in [-0.1, -0.05) is 165 Å². The van der Waals surface area contributed by atoms with Crippen molar-refractivity contribution in [3.8, 4) is 18.0 Å². The molecule has 11 fully saturated rings. The first-order valence-electron chi connectivity index (χ1n) is 44.1. The molecule has 10 aliphatic carbocycles. The van der Waals surface area contributed by atoms with Gasteiger partial charge in [0.2, 0.25) is 22.4 Å². The summed E-state index contributed by atoms with van der Waals surface area (Å²) in [6, 6.07) is 21.3. The van der Waals surface area contributed by atoms with E-state index in [0.29, 0.717) is 95.2 Å². The van der Waals surface area contributed by atoms with Gasteiger partial charge in [-0.2, -0.15) is 0 Å². The monoisotopic (exact) mass is 1780 g/mol. The highest BCUT2D eigenvalue weighted by Crippen LogP contribution is 2.75. The first kappa shape index (κ1) is 89.7. The molecular formula is C95H114Cl3N7O20. The molecule has 18 rings (SSSR count). The molecule has 6 bridgehead atoms. The highest BCUT2D eigenvalue weighted by atomic mass is 35.5. The number of Topliss-reactive ketones (excluding diaryl/α,β-unsaturated/α-hetero) is 3. The normalized spacial score (nSPS) is 40.2. The van der Waals surface area contributed by atoms with Crippen molar-refractivity contribution in [1.82, 2.24) is 28.8 Å². The lowest BCUT2D eigenvalue weighted by molar-refractivity contribution is -0.234. The van der Waals surface area contributed by atoms with Gasteiger partial charge in [0, 0.05) is 45.5 Å². The molecule has 9 saturated carbocycles. The van der Waals surface area contributed by atoms with E-state index in [-0.39, 0.29) is 126 Å². The molecule has 30 heteroatoms. The van der Waals surface area contributed by atoms with Gasteiger partial charge in [0.25, 0.3) is 0 Å². The van der Waals surface area contributed by atoms with Crippen molar-refractivity contribution in [1.29, 1.82) is 0 Å². The number of terminal acetylenes is 1. The van der Waals surface area contributed by atoms with Crippen LogP contribution in [0.15, 0.2) is 140 Å². The minimum absolute atomic E-state index is 0.0529. The number of ketones is 3. The van der Waals surface area contributed by atoms with E-state index in [2.05, 4.69) is 32.4 Å². The zero-order valence-corrected chi connectivity index (χ0v) is 74.9. The smallest absolute Gasteiger partial charge is 0.374 e. The Hall–Kier alpha value is -8.72. The van der Waals surface area contributed by atoms with Gasteiger partial charge < -0.3 is 43.8 Å². The maximum absolute atomic E-state index is 14.3. The Kier molecular flexibility index (Phi) is 23.1. The molecule has 4 aliphatic heterocycles. The molecule has 27 nitrogen and oxygen atoms in total. The van der Waals surface area contributed by atoms with Crippen molar-refractivity contribution >= 4 is 93.6 Å². The number of urea groups is 1. The number of carbonyl (C=O) groups is 9. The number of hydrogen-bond acceptors (Lipinski definition) is 21. The number of carbonyl (C=O) groups excluding carboxylic acids is 9. The van der Waals surface area contributed by atoms with Crippen LogP contribution in [-0.2, 0) is 65.6 Å². The summed E-state index contributed by atoms with van der Waals surface area (Å²) in [5, 5.41) is 52.8. The van der Waals surface area contributed by atoms with Crippen LogP contribution in [0.5, 0.6) is 0 Å². The van der Waals surface area contributed by atoms with E-state index in [0.717, 1.165) is 40.1 Å². The second kappa shape index (κ2) is 32.2. The number of likely N-dealkylation sites (tertiary alicyclic amines) is 1. The number of allylic oxidation sites excluding steroid dienone is 4. The number of aliphatic hydroxyl groups excluding tert-OH is 1. The summed E-state index contributed by atoms with van der Waals surface area (Å²) in [6.45, 7) is 25.1. The van der Waals surface area contributed by atoms with E-state index in [4.69, 9.17) is 64.6 Å². The summed E-state index contributed by atoms with van der Waals surface area (Å²) < 4.78 is 33.4. The Morgan fingerprint density at radius 3 is 1.65 bits per heavy atom. The number of hydrazine groups is 1. The third-order valence-corrected chi connectivity index (χ3v) is 35.6. The maximum Gasteiger partial charge on any atom is 0.374 e. The predicted octanol–water partition coefficient (Wildman–Crippen LogP) is 11.3. The van der Waals surface area contributed by atoms with Crippen LogP contribution in [0.25, 0.3) is 5.69 Å². The molecule has 2 aromatic heterocycles. The van der Waals surface area contributed by atoms with Gasteiger partial charge in [0.15, 0.2) is 17.3 Å². The lowest BCUT2D eigenvalue weighted by atomic mass is 9.46. The number of para-hydroxylation sites is 2. The van der Waals surface area contributed by atoms with Crippen molar-refractivity contribution in [2.24, 2.45) is 104 Å². The number of fused-ring (bicyclic) bond motifs is 3. The number of halogens is 3. The molecule has 4 aromatic rings. The minimum Gasteiger partial charge on any atom is -0.461 e. The van der Waals surface area contributed by atoms with E-state index in [1.165, 1.54) is 27.3 Å². The molecule has 2 unspecified atom stereocenters. The number of aliphatic hydroxyl groups is 4. The van der Waals surface area contributed by atoms with E-state index >= 15 is 0 Å². The fourth-order valence-corrected chi connectivity index (χ4v) is 27.8. The molecule has 0 spiro atoms. The minimum atomic E-state index is -1.90. The average molecular weight is 1780 g/mol. The van der Waals surface area contributed by atoms with E-state index < -0.39 is 132 Å². The number of anilines is 1. The summed E-state index contributed by atoms with van der Waals surface area (Å²) in [5.74, 6) is -4.12. The quantitative estimate of drug-likeness (QED) is 0.0241. The molecule has 0 radical (unpaired) electrons. The number of imide groups is 1. The molecular weight excluding hydrogens is 1670 g/mol. The molecule has 4 N–H and O–H groups in total. The number of hydrogen-bond donors (Lipinski definition) is 4. The Labute approximate surface area is 741 Å². The van der Waals surface area contributed by atoms with E-state index in [9.17, 15) is 73.2 Å². The molecule has 2 aromatic carbocycles. The van der Waals surface area contributed by atoms with Gasteiger partial charge in [-0.05, 0) is 191 Å². The zero-order chi connectivity index (χ0) is 90.0. The zero-order valence-electron chi connectivity index (χ0n) is 72.6. The summed E-state index contributed by atoms with van der Waals surface area (Å²) in [4.78, 5) is 149. The molecule has 670 valence electrons. The standard InChI is InChI=1S/C35H41N3O7.C31H37Cl2N3O6.C29H36ClNO7/c1-21-13-15-34-19-28(43-5)30(39)35(34,42)33(21,4)29(45-31(40)27-12-9-17-44-27)18-26(22(34)2)24-14-16-36-32(41)38(23(3)37(36)20-24)25-10-7-6-8-11-25;1-17-15-30-12-10-18(2)29(4,31(30,41)24(17)37)23(42-26(38)25(32)33)14-22(19(30)3)20-11-13-34-27(39)36(28(40)35(34)16-20)21-8-6-5-7-9-21;1-5-10-31-25(35)18-7-6-17(11-20(18)26(31)36)19-12-22(38-23(33)14-30)27(4)15(2)8-9-28(16(19)3)13-21(32)24(34)29(27,28)37/h6-12,14,17,21-22,26,28-29,42H,3,13,15-16,18-20H2,1-2,4-5H3;5-9,11,17-19,22-23,25,41H,10,12-16H2,1-4H3;1,6,15-16,18-22,32,37H,7-14H2,2-4H3/t21-,22+,26-,28+,29-,33+,34+,35-;17-,18+,19-,22+,23+,29-,30-,31+;15-,16+,18?,19-,20?,21+,22-,27+,28+,29-/m101/s1. The number of benzene rings is 2. The van der Waals surface area contributed by atoms with Gasteiger partial charge in [0.1, 0.15) is 59.0 Å². The number of rotatable bonds is 13. The van der Waals surface area contributed by atoms with Crippen molar-refractivity contribution in [2.45, 2.75) is 224 Å². The average Bonchev–Trinajstić information content (AvgIpc) is 1.52. The summed E-state index contributed by atoms with van der Waals surface area (Å²) >= 11 is 17.7. The first-order chi connectivity index (χ1) is 59.2. The predicted molar refractivity (Wildman–Crippen MR) is 459 cm³/mol. The first-order valence-corrected chi connectivity index (χ1v) is 45.5. The SMILES string of the molecule is C#CCN1C(=O)C2CC=C([C@@H]3C[C@@H](OC(=O)CCl)[C@]4(C)[C@H](C)CC[C@]5(C[C@H](O)C(=O)[C@]54O)[C@H]3C)CC2C1=O.C=C1N(c2ccccc2)C(=O)N2CC=C([C@@H]3C[C@@H](OC(=O)c4ccco4)[C@]4(C)[C@H](C)CC[C@]5(C[C@H](OC)C(=O)[C@]54O)[C@H]3C)CN12.C[C@@H]1CC[C@@]23C[C@H](C)C(=O)[C@@]2(O)[C@]1(C)[C@H](OC(=O)C(Cl)Cl)C[C@@H](C1=CCn2c(=O)n(-c4ccccc4)c(=O)n2C1)[C@@H]3C. The Morgan fingerprint density at radius 2 is 1.10 bits per heavy atom. The number of esters is 3. The fraction of sp³-hybridized carbons (Fsp3) is 0.611. The van der Waals surface area contributed by atoms with Gasteiger partial charge in [-0.25, -0.2) is 47.8 Å². The highest BCUT2D eigenvalue weighted by Gasteiger charge is 2.82. The summed E-state index contributed by atoms with van der Waals surface area (Å²) in [7, 11) is 1.52. The largest absolute Gasteiger partial charge is 0.461 e. The fourth-order valence-electron chi connectivity index (χ4n) is 27.7. The van der Waals surface area contributed by atoms with Crippen molar-refractivity contribution in [3.05, 3.63) is 153 Å². The topological polar surface area (TPSA) is 346 Å². The van der Waals surface area contributed by atoms with Gasteiger partial charge in [-0.3, -0.25) is 38.7 Å². The maximum atomic E-state index is 14.3. The van der Waals surface area contributed by atoms with Crippen LogP contribution in [-0.4, -0.2) is 187 Å². The van der Waals surface area contributed by atoms with Gasteiger partial charge in [-0.15, -0.1) is 18.0 Å². The van der Waals surface area contributed by atoms with Crippen LogP contribution < -0.4 is 16.3 Å². The molecule has 125 heavy (non-hydrogen) atoms. The van der Waals surface area contributed by atoms with Crippen LogP contribution in [0, 0.1) is 116 Å². The number of aromatic nitrogens is 3. The number of methoxy groups -OCH3 is 1.